The van der Waals surface area contributed by atoms with Gasteiger partial charge in [-0.05, 0) is 24.3 Å². The maximum Gasteiger partial charge on any atom is 2.00 e. The van der Waals surface area contributed by atoms with E-state index in [1.165, 1.54) is 24.3 Å². The van der Waals surface area contributed by atoms with Gasteiger partial charge in [0.1, 0.15) is 27.1 Å². The summed E-state index contributed by atoms with van der Waals surface area (Å²) < 4.78 is 28.2. The molecule has 2 rings (SSSR count). The van der Waals surface area contributed by atoms with Crippen LogP contribution in [0.4, 0.5) is 0 Å². The van der Waals surface area contributed by atoms with Crippen LogP contribution in [-0.4, -0.2) is 114 Å². The minimum atomic E-state index is -4.89. The first-order valence-corrected chi connectivity index (χ1v) is 8.61. The molecule has 2 aromatic rings. The maximum absolute atomic E-state index is 10.1. The average Bonchev–Trinajstić information content (AvgIpc) is 2.38. The van der Waals surface area contributed by atoms with Gasteiger partial charge in [0.05, 0.1) is 0 Å². The Morgan fingerprint density at radius 1 is 0.556 bits per heavy atom. The van der Waals surface area contributed by atoms with E-state index in [1.54, 1.807) is 36.4 Å². The topological polar surface area (TPSA) is 239 Å². The standard InChI is InChI=1S/2C6H7O4P.2Ba.3H2O/c2*7-11(8,9)10-6-4-2-1-3-5-6;;;;;/h2*1-5H,(H2,7,8,9);;;3*1H2/q;;2*+2;;;/p-4. The summed E-state index contributed by atoms with van der Waals surface area (Å²) in [5.74, 6) is 0.0849. The minimum Gasteiger partial charge on any atom is -0.780 e. The molecule has 0 heterocycles. The van der Waals surface area contributed by atoms with Gasteiger partial charge in [0.2, 0.25) is 0 Å². The SMILES string of the molecule is O.O.O.O=P([O-])([O-])Oc1ccccc1.O=P([O-])([O-])Oc1ccccc1.[Ba+2].[Ba+2]. The van der Waals surface area contributed by atoms with Crippen LogP contribution in [0.3, 0.4) is 0 Å². The first-order valence-electron chi connectivity index (χ1n) is 5.69. The fourth-order valence-corrected chi connectivity index (χ4v) is 1.98. The Bertz CT molecular complexity index is 604. The third-order valence-electron chi connectivity index (χ3n) is 1.92. The van der Waals surface area contributed by atoms with Gasteiger partial charge in [-0.2, -0.15) is 0 Å². The van der Waals surface area contributed by atoms with Crippen LogP contribution in [0, 0.1) is 0 Å². The Hall–Kier alpha value is 1.36. The third-order valence-corrected chi connectivity index (χ3v) is 2.79. The molecule has 0 aliphatic rings. The first kappa shape index (κ1) is 38.9. The van der Waals surface area contributed by atoms with Gasteiger partial charge in [-0.1, -0.05) is 36.4 Å². The molecule has 0 saturated carbocycles. The van der Waals surface area contributed by atoms with Crippen molar-refractivity contribution in [1.29, 1.82) is 0 Å². The zero-order valence-electron chi connectivity index (χ0n) is 13.8. The van der Waals surface area contributed by atoms with E-state index in [-0.39, 0.29) is 126 Å². The van der Waals surface area contributed by atoms with Gasteiger partial charge in [-0.25, -0.2) is 0 Å². The smallest absolute Gasteiger partial charge is 0.780 e. The number of hydrogen-bond donors (Lipinski definition) is 0. The summed E-state index contributed by atoms with van der Waals surface area (Å²) in [4.78, 5) is 40.2. The molecule has 27 heavy (non-hydrogen) atoms. The monoisotopic (exact) mass is 674 g/mol. The molecule has 0 aromatic heterocycles. The summed E-state index contributed by atoms with van der Waals surface area (Å²) in [5.41, 5.74) is 0. The molecule has 0 saturated heterocycles. The Morgan fingerprint density at radius 3 is 0.963 bits per heavy atom. The molecule has 0 aliphatic carbocycles. The zero-order valence-corrected chi connectivity index (χ0v) is 24.5. The molecule has 11 nitrogen and oxygen atoms in total. The third kappa shape index (κ3) is 23.5. The van der Waals surface area contributed by atoms with E-state index in [0.717, 1.165) is 0 Å². The fraction of sp³-hybridized carbons (Fsp3) is 0. The second-order valence-electron chi connectivity index (χ2n) is 3.70. The van der Waals surface area contributed by atoms with Crippen molar-refractivity contribution in [3.63, 3.8) is 0 Å². The van der Waals surface area contributed by atoms with Crippen molar-refractivity contribution in [3.8, 4) is 11.5 Å². The molecular formula is C12H16Ba2O11P2. The van der Waals surface area contributed by atoms with Crippen LogP contribution in [0.15, 0.2) is 60.7 Å². The Morgan fingerprint density at radius 2 is 0.778 bits per heavy atom. The minimum absolute atomic E-state index is 0. The average molecular weight is 673 g/mol. The fourth-order valence-electron chi connectivity index (χ4n) is 1.22. The van der Waals surface area contributed by atoms with Crippen LogP contribution in [0.2, 0.25) is 0 Å². The van der Waals surface area contributed by atoms with E-state index in [2.05, 4.69) is 9.05 Å². The van der Waals surface area contributed by atoms with Crippen molar-refractivity contribution in [2.75, 3.05) is 0 Å². The molecule has 0 fully saturated rings. The molecule has 0 bridgehead atoms. The molecule has 2 aromatic carbocycles. The number of phosphoric acid groups is 2. The number of hydrogen-bond acceptors (Lipinski definition) is 8. The second-order valence-corrected chi connectivity index (χ2v) is 5.86. The number of para-hydroxylation sites is 2. The number of phosphoric ester groups is 2. The van der Waals surface area contributed by atoms with Crippen LogP contribution in [0.5, 0.6) is 11.5 Å². The molecule has 0 radical (unpaired) electrons. The summed E-state index contributed by atoms with van der Waals surface area (Å²) in [6.07, 6.45) is 0. The summed E-state index contributed by atoms with van der Waals surface area (Å²) in [7, 11) is -9.78. The van der Waals surface area contributed by atoms with Crippen LogP contribution in [-0.2, 0) is 9.13 Å². The molecule has 0 aliphatic heterocycles. The summed E-state index contributed by atoms with van der Waals surface area (Å²) in [6.45, 7) is 0. The van der Waals surface area contributed by atoms with Crippen molar-refractivity contribution < 1.29 is 54.2 Å². The van der Waals surface area contributed by atoms with Gasteiger partial charge in [-0.3, -0.25) is 0 Å². The van der Waals surface area contributed by atoms with Gasteiger partial charge in [0, 0.05) is 0 Å². The number of rotatable bonds is 4. The van der Waals surface area contributed by atoms with E-state index >= 15 is 0 Å². The molecule has 0 amide bonds. The predicted octanol–water partition coefficient (Wildman–Crippen LogP) is -3.45. The summed E-state index contributed by atoms with van der Waals surface area (Å²) >= 11 is 0. The molecule has 15 heteroatoms. The van der Waals surface area contributed by atoms with E-state index < -0.39 is 15.6 Å². The second kappa shape index (κ2) is 19.3. The van der Waals surface area contributed by atoms with Crippen LogP contribution in [0.1, 0.15) is 0 Å². The molecule has 0 unspecified atom stereocenters. The zero-order chi connectivity index (χ0) is 16.6. The van der Waals surface area contributed by atoms with Crippen molar-refractivity contribution in [2.45, 2.75) is 0 Å². The van der Waals surface area contributed by atoms with E-state index in [9.17, 15) is 28.7 Å². The normalized spacial score (nSPS) is 9.04. The van der Waals surface area contributed by atoms with Crippen molar-refractivity contribution >= 4 is 113 Å². The Balaban J connectivity index is -0.000000101. The van der Waals surface area contributed by atoms with Crippen molar-refractivity contribution in [3.05, 3.63) is 60.7 Å². The summed E-state index contributed by atoms with van der Waals surface area (Å²) in [6, 6.07) is 15.2. The van der Waals surface area contributed by atoms with Gasteiger partial charge in [-0.15, -0.1) is 0 Å². The van der Waals surface area contributed by atoms with Gasteiger partial charge in [0.25, 0.3) is 0 Å². The number of benzene rings is 2. The van der Waals surface area contributed by atoms with Crippen molar-refractivity contribution in [2.24, 2.45) is 0 Å². The summed E-state index contributed by atoms with van der Waals surface area (Å²) in [5, 5.41) is 0. The Kier molecular flexibility index (Phi) is 27.9. The van der Waals surface area contributed by atoms with Gasteiger partial charge in [0.15, 0.2) is 0 Å². The van der Waals surface area contributed by atoms with E-state index in [1.807, 2.05) is 0 Å². The van der Waals surface area contributed by atoms with Crippen LogP contribution >= 0.6 is 15.6 Å². The van der Waals surface area contributed by atoms with Crippen molar-refractivity contribution in [1.82, 2.24) is 0 Å². The molecular weight excluding hydrogens is 657 g/mol. The molecule has 144 valence electrons. The van der Waals surface area contributed by atoms with Crippen LogP contribution < -0.4 is 28.6 Å². The van der Waals surface area contributed by atoms with Gasteiger partial charge >= 0.3 is 97.8 Å². The largest absolute Gasteiger partial charge is 2.00 e. The van der Waals surface area contributed by atoms with E-state index in [4.69, 9.17) is 0 Å². The molecule has 6 N–H and O–H groups in total. The predicted molar refractivity (Wildman–Crippen MR) is 91.7 cm³/mol. The Labute approximate surface area is 236 Å². The van der Waals surface area contributed by atoms with Crippen LogP contribution in [0.25, 0.3) is 0 Å². The van der Waals surface area contributed by atoms with E-state index in [0.29, 0.717) is 0 Å². The molecule has 0 spiro atoms. The quantitative estimate of drug-likeness (QED) is 0.233. The maximum atomic E-state index is 10.1. The first-order chi connectivity index (χ1) is 10.2. The van der Waals surface area contributed by atoms with Gasteiger partial charge < -0.3 is 54.2 Å². The molecule has 0 atom stereocenters.